The molecule has 0 saturated heterocycles. The maximum Gasteiger partial charge on any atom is 0.220 e. The van der Waals surface area contributed by atoms with Crippen molar-refractivity contribution in [3.05, 3.63) is 28.8 Å². The molecule has 0 atom stereocenters. The van der Waals surface area contributed by atoms with E-state index in [1.54, 1.807) is 0 Å². The molecule has 0 aliphatic carbocycles. The second-order valence-corrected chi connectivity index (χ2v) is 9.84. The Morgan fingerprint density at radius 3 is 1.79 bits per heavy atom. The lowest BCUT2D eigenvalue weighted by atomic mass is 9.78. The van der Waals surface area contributed by atoms with Crippen molar-refractivity contribution in [2.75, 3.05) is 27.2 Å². The third-order valence-electron chi connectivity index (χ3n) is 4.37. The van der Waals surface area contributed by atoms with Crippen LogP contribution in [0.3, 0.4) is 0 Å². The van der Waals surface area contributed by atoms with E-state index in [0.29, 0.717) is 25.1 Å². The predicted molar refractivity (Wildman–Crippen MR) is 115 cm³/mol. The van der Waals surface area contributed by atoms with Crippen LogP contribution in [-0.4, -0.2) is 44.2 Å². The lowest BCUT2D eigenvalue weighted by Gasteiger charge is -2.28. The number of carbonyl (C=O) groups is 2. The van der Waals surface area contributed by atoms with Crippen molar-refractivity contribution in [3.8, 4) is 5.75 Å². The molecule has 0 fully saturated rings. The van der Waals surface area contributed by atoms with E-state index in [4.69, 9.17) is 9.90 Å². The van der Waals surface area contributed by atoms with Crippen molar-refractivity contribution in [1.29, 1.82) is 0 Å². The second-order valence-electron chi connectivity index (χ2n) is 9.84. The molecular formula is C23H40N2O4. The van der Waals surface area contributed by atoms with Gasteiger partial charge in [0.15, 0.2) is 0 Å². The summed E-state index contributed by atoms with van der Waals surface area (Å²) in [5.74, 6) is -0.605. The molecule has 1 amide bonds. The highest BCUT2D eigenvalue weighted by Crippen LogP contribution is 2.39. The van der Waals surface area contributed by atoms with Gasteiger partial charge in [-0.1, -0.05) is 53.7 Å². The van der Waals surface area contributed by atoms with Crippen molar-refractivity contribution in [1.82, 2.24) is 5.32 Å². The highest BCUT2D eigenvalue weighted by atomic mass is 16.4. The molecule has 0 aromatic heterocycles. The van der Waals surface area contributed by atoms with Gasteiger partial charge in [0.25, 0.3) is 0 Å². The van der Waals surface area contributed by atoms with Crippen LogP contribution >= 0.6 is 0 Å². The Kier molecular flexibility index (Phi) is 10.4. The number of aryl methyl sites for hydroxylation is 1. The van der Waals surface area contributed by atoms with Gasteiger partial charge in [-0.05, 0) is 40.9 Å². The Hall–Kier alpha value is -2.08. The Morgan fingerprint density at radius 2 is 1.45 bits per heavy atom. The fraction of sp³-hybridized carbons (Fsp3) is 0.652. The first kappa shape index (κ1) is 26.9. The number of quaternary nitrogens is 1. The number of carboxylic acid groups (broad SMARTS) is 1. The number of nitrogens with one attached hydrogen (secondary N) is 2. The third-order valence-corrected chi connectivity index (χ3v) is 4.37. The van der Waals surface area contributed by atoms with Crippen molar-refractivity contribution in [2.45, 2.75) is 72.1 Å². The molecule has 1 aromatic rings. The minimum absolute atomic E-state index is 0.0870. The Labute approximate surface area is 176 Å². The Morgan fingerprint density at radius 1 is 1.03 bits per heavy atom. The van der Waals surface area contributed by atoms with Gasteiger partial charge in [-0.15, -0.1) is 0 Å². The van der Waals surface area contributed by atoms with Crippen LogP contribution in [0, 0.1) is 0 Å². The molecule has 6 heteroatoms. The van der Waals surface area contributed by atoms with Crippen molar-refractivity contribution < 1.29 is 24.7 Å². The number of carbonyl (C=O) groups excluding carboxylic acids is 2. The van der Waals surface area contributed by atoms with E-state index in [-0.39, 0.29) is 16.7 Å². The molecule has 0 heterocycles. The molecule has 0 aliphatic rings. The molecule has 29 heavy (non-hydrogen) atoms. The first-order chi connectivity index (χ1) is 13.1. The van der Waals surface area contributed by atoms with Gasteiger partial charge in [0, 0.05) is 12.4 Å². The van der Waals surface area contributed by atoms with Gasteiger partial charge in [-0.3, -0.25) is 4.79 Å². The summed E-state index contributed by atoms with van der Waals surface area (Å²) in [7, 11) is 4.15. The average Bonchev–Trinajstić information content (AvgIpc) is 2.50. The summed E-state index contributed by atoms with van der Waals surface area (Å²) in [5, 5.41) is 22.6. The van der Waals surface area contributed by atoms with Crippen LogP contribution in [0.5, 0.6) is 5.75 Å². The summed E-state index contributed by atoms with van der Waals surface area (Å²) in [6.07, 6.45) is 1.16. The fourth-order valence-electron chi connectivity index (χ4n) is 2.78. The first-order valence-electron chi connectivity index (χ1n) is 10.2. The molecule has 1 rings (SSSR count). The zero-order valence-electron chi connectivity index (χ0n) is 19.7. The maximum atomic E-state index is 12.1. The lowest BCUT2D eigenvalue weighted by Crippen LogP contribution is -3.06. The van der Waals surface area contributed by atoms with Crippen LogP contribution in [0.15, 0.2) is 12.1 Å². The summed E-state index contributed by atoms with van der Waals surface area (Å²) < 4.78 is 0. The van der Waals surface area contributed by atoms with E-state index < -0.39 is 5.97 Å². The number of carboxylic acids is 1. The largest absolute Gasteiger partial charge is 0.550 e. The lowest BCUT2D eigenvalue weighted by molar-refractivity contribution is -0.856. The number of hydrogen-bond donors (Lipinski definition) is 3. The number of aliphatic carboxylic acids is 1. The van der Waals surface area contributed by atoms with Crippen LogP contribution in [-0.2, 0) is 26.8 Å². The zero-order chi connectivity index (χ0) is 23.0. The summed E-state index contributed by atoms with van der Waals surface area (Å²) in [6.45, 7) is 15.2. The molecule has 1 aromatic carbocycles. The van der Waals surface area contributed by atoms with Gasteiger partial charge in [0.1, 0.15) is 5.75 Å². The second kappa shape index (κ2) is 11.2. The standard InChI is InChI=1S/C21H36N2O2.C2H4O2/c1-20(2,3)16-13-15(14-17(19(16)25)21(4,5)6)9-10-18(24)22-11-12-23(7)8;1-2(3)4/h13-14,25H,9-12H2,1-8H3,(H,22,24);1H3,(H,3,4). The van der Waals surface area contributed by atoms with Crippen LogP contribution in [0.1, 0.15) is 71.6 Å². The molecule has 0 saturated carbocycles. The zero-order valence-corrected chi connectivity index (χ0v) is 19.7. The molecular weight excluding hydrogens is 368 g/mol. The quantitative estimate of drug-likeness (QED) is 0.653. The first-order valence-corrected chi connectivity index (χ1v) is 10.2. The van der Waals surface area contributed by atoms with Gasteiger partial charge < -0.3 is 25.2 Å². The molecule has 0 bridgehead atoms. The van der Waals surface area contributed by atoms with Crippen LogP contribution in [0.25, 0.3) is 0 Å². The van der Waals surface area contributed by atoms with Gasteiger partial charge in [-0.25, -0.2) is 0 Å². The number of phenols is 1. The molecule has 3 N–H and O–H groups in total. The SMILES string of the molecule is CC(=O)[O-].C[NH+](C)CCNC(=O)CCc1cc(C(C)(C)C)c(O)c(C(C)(C)C)c1. The van der Waals surface area contributed by atoms with Crippen LogP contribution < -0.4 is 15.3 Å². The summed E-state index contributed by atoms with van der Waals surface area (Å²) in [6, 6.07) is 4.11. The maximum absolute atomic E-state index is 12.1. The smallest absolute Gasteiger partial charge is 0.220 e. The minimum Gasteiger partial charge on any atom is -0.550 e. The monoisotopic (exact) mass is 408 g/mol. The molecule has 0 radical (unpaired) electrons. The summed E-state index contributed by atoms with van der Waals surface area (Å²) in [5.41, 5.74) is 2.73. The van der Waals surface area contributed by atoms with E-state index in [9.17, 15) is 9.90 Å². The van der Waals surface area contributed by atoms with Gasteiger partial charge in [-0.2, -0.15) is 0 Å². The Bertz CT molecular complexity index is 644. The van der Waals surface area contributed by atoms with E-state index in [0.717, 1.165) is 30.2 Å². The number of likely N-dealkylation sites (N-methyl/N-ethyl adjacent to an activating group) is 1. The molecule has 0 aliphatic heterocycles. The number of aromatic hydroxyl groups is 1. The molecule has 0 unspecified atom stereocenters. The molecule has 166 valence electrons. The fourth-order valence-corrected chi connectivity index (χ4v) is 2.78. The van der Waals surface area contributed by atoms with Crippen LogP contribution in [0.4, 0.5) is 0 Å². The third kappa shape index (κ3) is 10.9. The minimum atomic E-state index is -1.08. The van der Waals surface area contributed by atoms with E-state index in [1.807, 2.05) is 0 Å². The number of phenolic OH excluding ortho intramolecular Hbond substituents is 1. The van der Waals surface area contributed by atoms with E-state index in [1.165, 1.54) is 4.90 Å². The molecule has 0 spiro atoms. The Balaban J connectivity index is 0.00000178. The number of benzene rings is 1. The van der Waals surface area contributed by atoms with Gasteiger partial charge in [0.05, 0.1) is 27.2 Å². The highest BCUT2D eigenvalue weighted by Gasteiger charge is 2.26. The van der Waals surface area contributed by atoms with Gasteiger partial charge >= 0.3 is 0 Å². The van der Waals surface area contributed by atoms with Crippen molar-refractivity contribution in [2.24, 2.45) is 0 Å². The average molecular weight is 409 g/mol. The number of amides is 1. The molecule has 6 nitrogen and oxygen atoms in total. The normalized spacial score (nSPS) is 11.7. The van der Waals surface area contributed by atoms with Crippen molar-refractivity contribution in [3.63, 3.8) is 0 Å². The van der Waals surface area contributed by atoms with Crippen LogP contribution in [0.2, 0.25) is 0 Å². The van der Waals surface area contributed by atoms with Crippen molar-refractivity contribution >= 4 is 11.9 Å². The van der Waals surface area contributed by atoms with Gasteiger partial charge in [0.2, 0.25) is 5.91 Å². The summed E-state index contributed by atoms with van der Waals surface area (Å²) in [4.78, 5) is 22.3. The highest BCUT2D eigenvalue weighted by molar-refractivity contribution is 5.76. The van der Waals surface area contributed by atoms with E-state index in [2.05, 4.69) is 73.1 Å². The summed E-state index contributed by atoms with van der Waals surface area (Å²) >= 11 is 0. The van der Waals surface area contributed by atoms with E-state index >= 15 is 0 Å². The number of rotatable bonds is 6. The predicted octanol–water partition coefficient (Wildman–Crippen LogP) is 0.937. The number of hydrogen-bond acceptors (Lipinski definition) is 4. The topological polar surface area (TPSA) is 93.9 Å².